The highest BCUT2D eigenvalue weighted by Crippen LogP contribution is 2.30. The molecule has 0 radical (unpaired) electrons. The van der Waals surface area contributed by atoms with Gasteiger partial charge in [-0.3, -0.25) is 10.1 Å². The van der Waals surface area contributed by atoms with E-state index in [0.29, 0.717) is 22.1 Å². The molecule has 0 fully saturated rings. The maximum atomic E-state index is 12.7. The van der Waals surface area contributed by atoms with E-state index in [0.717, 1.165) is 16.1 Å². The van der Waals surface area contributed by atoms with Crippen LogP contribution >= 0.6 is 22.7 Å². The zero-order valence-corrected chi connectivity index (χ0v) is 14.9. The van der Waals surface area contributed by atoms with Gasteiger partial charge in [0.25, 0.3) is 5.91 Å². The molecule has 0 aliphatic rings. The summed E-state index contributed by atoms with van der Waals surface area (Å²) in [6.07, 6.45) is 0. The van der Waals surface area contributed by atoms with Crippen LogP contribution in [0.15, 0.2) is 57.7 Å². The summed E-state index contributed by atoms with van der Waals surface area (Å²) in [7, 11) is 0. The lowest BCUT2D eigenvalue weighted by Crippen LogP contribution is -2.13. The first-order chi connectivity index (χ1) is 12.2. The van der Waals surface area contributed by atoms with Crippen LogP contribution in [0.25, 0.3) is 21.8 Å². The van der Waals surface area contributed by atoms with Crippen LogP contribution in [0, 0.1) is 6.92 Å². The van der Waals surface area contributed by atoms with Gasteiger partial charge in [-0.25, -0.2) is 4.98 Å². The molecule has 0 spiro atoms. The fourth-order valence-electron chi connectivity index (χ4n) is 2.46. The molecule has 0 saturated carbocycles. The predicted octanol–water partition coefficient (Wildman–Crippen LogP) is 5.09. The van der Waals surface area contributed by atoms with Crippen LogP contribution in [-0.4, -0.2) is 16.0 Å². The lowest BCUT2D eigenvalue weighted by Gasteiger charge is -2.03. The minimum absolute atomic E-state index is 0.273. The Bertz CT molecular complexity index is 1000. The maximum Gasteiger partial charge on any atom is 0.263 e. The summed E-state index contributed by atoms with van der Waals surface area (Å²) >= 11 is 3.01. The normalized spacial score (nSPS) is 10.8. The van der Waals surface area contributed by atoms with Crippen LogP contribution in [0.2, 0.25) is 0 Å². The van der Waals surface area contributed by atoms with E-state index in [4.69, 9.17) is 4.52 Å². The maximum absolute atomic E-state index is 12.7. The topological polar surface area (TPSA) is 68.0 Å². The summed E-state index contributed by atoms with van der Waals surface area (Å²) in [5.74, 6) is 0.205. The van der Waals surface area contributed by atoms with Gasteiger partial charge < -0.3 is 4.52 Å². The molecule has 0 unspecified atom stereocenters. The van der Waals surface area contributed by atoms with Crippen molar-refractivity contribution in [3.63, 3.8) is 0 Å². The van der Waals surface area contributed by atoms with Gasteiger partial charge >= 0.3 is 0 Å². The smallest absolute Gasteiger partial charge is 0.263 e. The first-order valence-electron chi connectivity index (χ1n) is 7.55. The average Bonchev–Trinajstić information content (AvgIpc) is 3.35. The predicted molar refractivity (Wildman–Crippen MR) is 100 cm³/mol. The number of aryl methyl sites for hydroxylation is 1. The Labute approximate surface area is 152 Å². The summed E-state index contributed by atoms with van der Waals surface area (Å²) in [5.41, 5.74) is 2.66. The largest absolute Gasteiger partial charge is 0.360 e. The Balaban J connectivity index is 1.61. The Kier molecular flexibility index (Phi) is 4.17. The van der Waals surface area contributed by atoms with Gasteiger partial charge in [-0.05, 0) is 18.4 Å². The lowest BCUT2D eigenvalue weighted by atomic mass is 10.1. The zero-order valence-electron chi connectivity index (χ0n) is 13.2. The van der Waals surface area contributed by atoms with Crippen molar-refractivity contribution in [2.45, 2.75) is 6.92 Å². The third kappa shape index (κ3) is 3.11. The van der Waals surface area contributed by atoms with Gasteiger partial charge in [0.1, 0.15) is 17.0 Å². The number of aromatic nitrogens is 2. The quantitative estimate of drug-likeness (QED) is 0.546. The van der Waals surface area contributed by atoms with E-state index in [-0.39, 0.29) is 5.91 Å². The molecule has 124 valence electrons. The minimum Gasteiger partial charge on any atom is -0.360 e. The van der Waals surface area contributed by atoms with E-state index in [2.05, 4.69) is 15.5 Å². The van der Waals surface area contributed by atoms with Crippen molar-refractivity contribution in [2.75, 3.05) is 5.32 Å². The molecule has 3 heterocycles. The first-order valence-corrected chi connectivity index (χ1v) is 9.31. The molecule has 25 heavy (non-hydrogen) atoms. The van der Waals surface area contributed by atoms with Crippen molar-refractivity contribution in [3.8, 4) is 21.8 Å². The van der Waals surface area contributed by atoms with Crippen molar-refractivity contribution in [1.29, 1.82) is 0 Å². The molecule has 0 saturated heterocycles. The van der Waals surface area contributed by atoms with Crippen molar-refractivity contribution < 1.29 is 9.32 Å². The second-order valence-corrected chi connectivity index (χ2v) is 7.10. The van der Waals surface area contributed by atoms with Crippen molar-refractivity contribution in [3.05, 3.63) is 64.5 Å². The second-order valence-electron chi connectivity index (χ2n) is 5.30. The Morgan fingerprint density at radius 2 is 1.96 bits per heavy atom. The molecule has 0 aliphatic carbocycles. The fourth-order valence-corrected chi connectivity index (χ4v) is 3.93. The molecule has 5 nitrogen and oxygen atoms in total. The van der Waals surface area contributed by atoms with Gasteiger partial charge in [0.05, 0.1) is 10.6 Å². The number of rotatable bonds is 4. The third-order valence-electron chi connectivity index (χ3n) is 3.64. The number of carbonyl (C=O) groups excluding carboxylic acids is 1. The molecular weight excluding hydrogens is 354 g/mol. The van der Waals surface area contributed by atoms with E-state index in [1.807, 2.05) is 53.2 Å². The van der Waals surface area contributed by atoms with Crippen molar-refractivity contribution in [1.82, 2.24) is 10.1 Å². The summed E-state index contributed by atoms with van der Waals surface area (Å²) in [6, 6.07) is 13.5. The number of nitrogens with one attached hydrogen (secondary N) is 1. The number of thiazole rings is 1. The Morgan fingerprint density at radius 1 is 1.12 bits per heavy atom. The molecule has 7 heteroatoms. The van der Waals surface area contributed by atoms with Crippen LogP contribution in [0.4, 0.5) is 5.13 Å². The van der Waals surface area contributed by atoms with Gasteiger partial charge in [-0.1, -0.05) is 41.6 Å². The van der Waals surface area contributed by atoms with E-state index in [1.54, 1.807) is 18.3 Å². The first kappa shape index (κ1) is 15.7. The number of hydrogen-bond acceptors (Lipinski definition) is 6. The van der Waals surface area contributed by atoms with E-state index in [9.17, 15) is 4.79 Å². The van der Waals surface area contributed by atoms with Gasteiger partial charge in [-0.2, -0.15) is 0 Å². The van der Waals surface area contributed by atoms with Gasteiger partial charge in [0, 0.05) is 10.9 Å². The molecule has 1 N–H and O–H groups in total. The molecular formula is C18H13N3O2S2. The van der Waals surface area contributed by atoms with Crippen LogP contribution in [0.1, 0.15) is 16.1 Å². The SMILES string of the molecule is Cc1onc(-c2ccccc2)c1C(=O)Nc1nc(-c2cccs2)cs1. The highest BCUT2D eigenvalue weighted by atomic mass is 32.1. The summed E-state index contributed by atoms with van der Waals surface area (Å²) < 4.78 is 5.25. The molecule has 3 aromatic heterocycles. The number of hydrogen-bond donors (Lipinski definition) is 1. The van der Waals surface area contributed by atoms with Gasteiger partial charge in [0.2, 0.25) is 0 Å². The zero-order chi connectivity index (χ0) is 17.2. The molecule has 0 aliphatic heterocycles. The number of nitrogens with zero attached hydrogens (tertiary/aromatic N) is 2. The third-order valence-corrected chi connectivity index (χ3v) is 5.29. The van der Waals surface area contributed by atoms with E-state index >= 15 is 0 Å². The van der Waals surface area contributed by atoms with Gasteiger partial charge in [-0.15, -0.1) is 22.7 Å². The van der Waals surface area contributed by atoms with E-state index < -0.39 is 0 Å². The highest BCUT2D eigenvalue weighted by Gasteiger charge is 2.22. The monoisotopic (exact) mass is 367 g/mol. The second kappa shape index (κ2) is 6.62. The number of benzene rings is 1. The Hall–Kier alpha value is -2.77. The fraction of sp³-hybridized carbons (Fsp3) is 0.0556. The molecule has 0 bridgehead atoms. The highest BCUT2D eigenvalue weighted by molar-refractivity contribution is 7.16. The molecule has 0 atom stereocenters. The Morgan fingerprint density at radius 3 is 2.72 bits per heavy atom. The summed E-state index contributed by atoms with van der Waals surface area (Å²) in [6.45, 7) is 1.73. The molecule has 1 aromatic carbocycles. The van der Waals surface area contributed by atoms with Crippen LogP contribution in [-0.2, 0) is 0 Å². The summed E-state index contributed by atoms with van der Waals surface area (Å²) in [4.78, 5) is 18.3. The van der Waals surface area contributed by atoms with Crippen LogP contribution in [0.5, 0.6) is 0 Å². The molecule has 4 rings (SSSR count). The molecule has 1 amide bonds. The van der Waals surface area contributed by atoms with Crippen LogP contribution < -0.4 is 5.32 Å². The molecule has 4 aromatic rings. The van der Waals surface area contributed by atoms with Crippen molar-refractivity contribution in [2.24, 2.45) is 0 Å². The standard InChI is InChI=1S/C18H13N3O2S2/c1-11-15(16(21-23-11)12-6-3-2-4-7-12)17(22)20-18-19-13(10-25-18)14-8-5-9-24-14/h2-10H,1H3,(H,19,20,22). The lowest BCUT2D eigenvalue weighted by molar-refractivity contribution is 0.102. The average molecular weight is 367 g/mol. The number of carbonyl (C=O) groups is 1. The number of anilines is 1. The number of amides is 1. The minimum atomic E-state index is -0.273. The van der Waals surface area contributed by atoms with Gasteiger partial charge in [0.15, 0.2) is 5.13 Å². The van der Waals surface area contributed by atoms with Crippen LogP contribution in [0.3, 0.4) is 0 Å². The van der Waals surface area contributed by atoms with Crippen molar-refractivity contribution >= 4 is 33.7 Å². The summed E-state index contributed by atoms with van der Waals surface area (Å²) in [5, 5.41) is 11.4. The van der Waals surface area contributed by atoms with E-state index in [1.165, 1.54) is 11.3 Å². The number of thiophene rings is 1.